The molecule has 2 N–H and O–H groups in total. The molecule has 0 aliphatic carbocycles. The second kappa shape index (κ2) is 10.1. The summed E-state index contributed by atoms with van der Waals surface area (Å²) >= 11 is 5.38. The number of aromatic nitrogens is 4. The highest BCUT2D eigenvalue weighted by Crippen LogP contribution is 2.21. The van der Waals surface area contributed by atoms with Crippen LogP contribution in [0.25, 0.3) is 11.4 Å². The van der Waals surface area contributed by atoms with E-state index in [2.05, 4.69) is 20.5 Å². The summed E-state index contributed by atoms with van der Waals surface area (Å²) in [6, 6.07) is 11.8. The zero-order valence-corrected chi connectivity index (χ0v) is 19.7. The topological polar surface area (TPSA) is 95.9 Å². The van der Waals surface area contributed by atoms with Crippen molar-refractivity contribution in [2.75, 3.05) is 18.4 Å². The van der Waals surface area contributed by atoms with Crippen molar-refractivity contribution < 1.29 is 9.59 Å². The Morgan fingerprint density at radius 2 is 1.85 bits per heavy atom. The van der Waals surface area contributed by atoms with Crippen molar-refractivity contribution in [2.45, 2.75) is 39.7 Å². The van der Waals surface area contributed by atoms with Gasteiger partial charge >= 0.3 is 0 Å². The number of aromatic amines is 1. The molecule has 1 saturated heterocycles. The van der Waals surface area contributed by atoms with Crippen LogP contribution in [-0.2, 0) is 16.1 Å². The lowest BCUT2D eigenvalue weighted by Crippen LogP contribution is -2.41. The van der Waals surface area contributed by atoms with Gasteiger partial charge in [-0.25, -0.2) is 4.98 Å². The maximum Gasteiger partial charge on any atom is 0.228 e. The second-order valence-corrected chi connectivity index (χ2v) is 8.87. The summed E-state index contributed by atoms with van der Waals surface area (Å²) < 4.78 is 2.37. The van der Waals surface area contributed by atoms with Gasteiger partial charge in [-0.15, -0.1) is 0 Å². The molecule has 0 bridgehead atoms. The number of anilines is 1. The van der Waals surface area contributed by atoms with Crippen LogP contribution in [0, 0.1) is 24.5 Å². The molecule has 2 amide bonds. The fraction of sp³-hybridized carbons (Fsp3) is 0.375. The Balaban J connectivity index is 1.30. The zero-order valence-electron chi connectivity index (χ0n) is 18.9. The Labute approximate surface area is 198 Å². The van der Waals surface area contributed by atoms with E-state index >= 15 is 0 Å². The molecule has 0 saturated carbocycles. The Morgan fingerprint density at radius 1 is 1.12 bits per heavy atom. The molecule has 1 aromatic carbocycles. The SMILES string of the molecule is Cc1ccc(-c2n[nH]c(=S)n2CCC(=O)N2CCC(C(=O)Nc3cc(C)ccn3)CC2)cc1. The third-order valence-corrected chi connectivity index (χ3v) is 6.31. The number of carbonyl (C=O) groups is 2. The van der Waals surface area contributed by atoms with Crippen LogP contribution in [0.4, 0.5) is 5.82 Å². The predicted octanol–water partition coefficient (Wildman–Crippen LogP) is 3.89. The van der Waals surface area contributed by atoms with E-state index < -0.39 is 0 Å². The van der Waals surface area contributed by atoms with Crippen LogP contribution in [0.1, 0.15) is 30.4 Å². The molecule has 0 radical (unpaired) electrons. The van der Waals surface area contributed by atoms with E-state index in [1.165, 1.54) is 5.56 Å². The molecular formula is C24H28N6O2S. The van der Waals surface area contributed by atoms with Gasteiger partial charge in [0, 0.05) is 43.7 Å². The summed E-state index contributed by atoms with van der Waals surface area (Å²) in [4.78, 5) is 31.5. The number of carbonyl (C=O) groups excluding carboxylic acids is 2. The number of pyridine rings is 1. The third-order valence-electron chi connectivity index (χ3n) is 6.00. The first-order chi connectivity index (χ1) is 15.9. The van der Waals surface area contributed by atoms with E-state index in [1.807, 2.05) is 59.7 Å². The number of benzene rings is 1. The van der Waals surface area contributed by atoms with Gasteiger partial charge in [-0.05, 0) is 56.6 Å². The molecule has 172 valence electrons. The minimum atomic E-state index is -0.119. The molecule has 8 nitrogen and oxygen atoms in total. The highest BCUT2D eigenvalue weighted by molar-refractivity contribution is 7.71. The van der Waals surface area contributed by atoms with Gasteiger partial charge in [0.15, 0.2) is 10.6 Å². The molecule has 4 rings (SSSR count). The van der Waals surface area contributed by atoms with E-state index in [4.69, 9.17) is 12.2 Å². The number of likely N-dealkylation sites (tertiary alicyclic amines) is 1. The number of hydrogen-bond donors (Lipinski definition) is 2. The maximum absolute atomic E-state index is 12.8. The number of hydrogen-bond acceptors (Lipinski definition) is 5. The fourth-order valence-corrected chi connectivity index (χ4v) is 4.26. The van der Waals surface area contributed by atoms with Crippen molar-refractivity contribution in [1.29, 1.82) is 0 Å². The highest BCUT2D eigenvalue weighted by atomic mass is 32.1. The summed E-state index contributed by atoms with van der Waals surface area (Å²) in [6.45, 7) is 5.59. The Hall–Kier alpha value is -3.33. The molecule has 2 aromatic heterocycles. The van der Waals surface area contributed by atoms with Crippen LogP contribution >= 0.6 is 12.2 Å². The quantitative estimate of drug-likeness (QED) is 0.540. The number of aryl methyl sites for hydroxylation is 2. The average molecular weight is 465 g/mol. The molecule has 0 atom stereocenters. The molecule has 1 aliphatic heterocycles. The van der Waals surface area contributed by atoms with Crippen molar-refractivity contribution in [3.05, 3.63) is 58.5 Å². The summed E-state index contributed by atoms with van der Waals surface area (Å²) in [5.41, 5.74) is 3.17. The molecule has 33 heavy (non-hydrogen) atoms. The van der Waals surface area contributed by atoms with Gasteiger partial charge in [0.1, 0.15) is 5.82 Å². The van der Waals surface area contributed by atoms with Gasteiger partial charge in [-0.1, -0.05) is 29.8 Å². The summed E-state index contributed by atoms with van der Waals surface area (Å²) in [6.07, 6.45) is 3.30. The Kier molecular flexibility index (Phi) is 6.98. The van der Waals surface area contributed by atoms with Gasteiger partial charge < -0.3 is 10.2 Å². The predicted molar refractivity (Wildman–Crippen MR) is 129 cm³/mol. The molecule has 0 spiro atoms. The first kappa shape index (κ1) is 22.8. The number of amides is 2. The molecule has 9 heteroatoms. The first-order valence-corrected chi connectivity index (χ1v) is 11.5. The summed E-state index contributed by atoms with van der Waals surface area (Å²) in [5, 5.41) is 10.1. The van der Waals surface area contributed by atoms with Crippen LogP contribution in [0.2, 0.25) is 0 Å². The zero-order chi connectivity index (χ0) is 23.4. The van der Waals surface area contributed by atoms with Crippen molar-refractivity contribution in [2.24, 2.45) is 5.92 Å². The molecule has 3 heterocycles. The van der Waals surface area contributed by atoms with E-state index in [0.29, 0.717) is 49.5 Å². The first-order valence-electron chi connectivity index (χ1n) is 11.1. The highest BCUT2D eigenvalue weighted by Gasteiger charge is 2.27. The Bertz CT molecular complexity index is 1190. The number of rotatable bonds is 6. The number of nitrogens with zero attached hydrogens (tertiary/aromatic N) is 4. The molecular weight excluding hydrogens is 436 g/mol. The minimum Gasteiger partial charge on any atom is -0.343 e. The van der Waals surface area contributed by atoms with Gasteiger partial charge in [-0.2, -0.15) is 5.10 Å². The van der Waals surface area contributed by atoms with E-state index in [1.54, 1.807) is 6.20 Å². The van der Waals surface area contributed by atoms with Gasteiger partial charge in [0.25, 0.3) is 0 Å². The van der Waals surface area contributed by atoms with Crippen molar-refractivity contribution in [3.8, 4) is 11.4 Å². The normalized spacial score (nSPS) is 14.3. The number of piperidine rings is 1. The Morgan fingerprint density at radius 3 is 2.55 bits per heavy atom. The molecule has 0 unspecified atom stereocenters. The van der Waals surface area contributed by atoms with Gasteiger partial charge in [-0.3, -0.25) is 19.3 Å². The van der Waals surface area contributed by atoms with Crippen LogP contribution in [-0.4, -0.2) is 49.6 Å². The minimum absolute atomic E-state index is 0.0346. The lowest BCUT2D eigenvalue weighted by molar-refractivity contribution is -0.134. The lowest BCUT2D eigenvalue weighted by Gasteiger charge is -2.31. The van der Waals surface area contributed by atoms with E-state index in [0.717, 1.165) is 17.0 Å². The number of nitrogens with one attached hydrogen (secondary N) is 2. The van der Waals surface area contributed by atoms with E-state index in [-0.39, 0.29) is 17.7 Å². The second-order valence-electron chi connectivity index (χ2n) is 8.48. The molecule has 1 fully saturated rings. The third kappa shape index (κ3) is 5.54. The standard InChI is InChI=1S/C24H28N6O2S/c1-16-3-5-18(6-4-16)22-27-28-24(33)30(22)14-10-21(31)29-12-8-19(9-13-29)23(32)26-20-15-17(2)7-11-25-20/h3-7,11,15,19H,8-10,12-14H2,1-2H3,(H,28,33)(H,25,26,32). The van der Waals surface area contributed by atoms with E-state index in [9.17, 15) is 9.59 Å². The van der Waals surface area contributed by atoms with Gasteiger partial charge in [0.2, 0.25) is 11.8 Å². The van der Waals surface area contributed by atoms with Crippen molar-refractivity contribution >= 4 is 29.9 Å². The lowest BCUT2D eigenvalue weighted by atomic mass is 9.95. The average Bonchev–Trinajstić information content (AvgIpc) is 3.18. The molecule has 1 aliphatic rings. The maximum atomic E-state index is 12.8. The van der Waals surface area contributed by atoms with Crippen LogP contribution in [0.5, 0.6) is 0 Å². The largest absolute Gasteiger partial charge is 0.343 e. The smallest absolute Gasteiger partial charge is 0.228 e. The van der Waals surface area contributed by atoms with Crippen molar-refractivity contribution in [3.63, 3.8) is 0 Å². The monoisotopic (exact) mass is 464 g/mol. The van der Waals surface area contributed by atoms with Gasteiger partial charge in [0.05, 0.1) is 0 Å². The van der Waals surface area contributed by atoms with Crippen LogP contribution in [0.15, 0.2) is 42.6 Å². The van der Waals surface area contributed by atoms with Crippen LogP contribution in [0.3, 0.4) is 0 Å². The summed E-state index contributed by atoms with van der Waals surface area (Å²) in [5.74, 6) is 1.21. The fourth-order valence-electron chi connectivity index (χ4n) is 4.04. The summed E-state index contributed by atoms with van der Waals surface area (Å²) in [7, 11) is 0. The van der Waals surface area contributed by atoms with Crippen LogP contribution < -0.4 is 5.32 Å². The van der Waals surface area contributed by atoms with Crippen molar-refractivity contribution in [1.82, 2.24) is 24.6 Å². The molecule has 3 aromatic rings. The number of H-pyrrole nitrogens is 1.